The van der Waals surface area contributed by atoms with Gasteiger partial charge in [-0.1, -0.05) is 0 Å². The Morgan fingerprint density at radius 1 is 1.58 bits per heavy atom. The van der Waals surface area contributed by atoms with E-state index in [9.17, 15) is 4.79 Å². The maximum atomic E-state index is 10.6. The molecule has 0 spiro atoms. The van der Waals surface area contributed by atoms with E-state index in [0.29, 0.717) is 5.76 Å². The molecular weight excluding hydrogens is 156 g/mol. The quantitative estimate of drug-likeness (QED) is 0.635. The van der Waals surface area contributed by atoms with E-state index in [1.807, 2.05) is 19.1 Å². The van der Waals surface area contributed by atoms with Crippen molar-refractivity contribution in [3.63, 3.8) is 0 Å². The van der Waals surface area contributed by atoms with Crippen molar-refractivity contribution in [2.75, 3.05) is 0 Å². The van der Waals surface area contributed by atoms with Crippen LogP contribution in [0.4, 0.5) is 0 Å². The predicted molar refractivity (Wildman–Crippen MR) is 43.6 cm³/mol. The lowest BCUT2D eigenvalue weighted by Gasteiger charge is -2.07. The number of ether oxygens (including phenoxy) is 1. The van der Waals surface area contributed by atoms with E-state index in [4.69, 9.17) is 9.15 Å². The van der Waals surface area contributed by atoms with Crippen LogP contribution in [0.15, 0.2) is 16.5 Å². The molecule has 0 fully saturated rings. The fourth-order valence-electron chi connectivity index (χ4n) is 0.979. The van der Waals surface area contributed by atoms with E-state index < -0.39 is 0 Å². The summed E-state index contributed by atoms with van der Waals surface area (Å²) < 4.78 is 10.2. The Kier molecular flexibility index (Phi) is 2.53. The molecule has 1 atom stereocenters. The third-order valence-corrected chi connectivity index (χ3v) is 1.50. The van der Waals surface area contributed by atoms with Gasteiger partial charge in [-0.15, -0.1) is 0 Å². The van der Waals surface area contributed by atoms with Crippen LogP contribution in [0.1, 0.15) is 31.5 Å². The summed E-state index contributed by atoms with van der Waals surface area (Å²) in [5, 5.41) is 0. The lowest BCUT2D eigenvalue weighted by atomic mass is 10.3. The summed E-state index contributed by atoms with van der Waals surface area (Å²) in [5.41, 5.74) is 0. The van der Waals surface area contributed by atoms with Gasteiger partial charge in [0.15, 0.2) is 6.10 Å². The van der Waals surface area contributed by atoms with Gasteiger partial charge in [0.2, 0.25) is 0 Å². The zero-order valence-electron chi connectivity index (χ0n) is 7.46. The molecule has 0 unspecified atom stereocenters. The molecule has 1 rings (SSSR count). The molecule has 0 saturated carbocycles. The third kappa shape index (κ3) is 2.12. The number of esters is 1. The first-order valence-corrected chi connectivity index (χ1v) is 3.83. The maximum Gasteiger partial charge on any atom is 0.303 e. The van der Waals surface area contributed by atoms with Crippen molar-refractivity contribution in [1.82, 2.24) is 0 Å². The smallest absolute Gasteiger partial charge is 0.303 e. The first-order valence-electron chi connectivity index (χ1n) is 3.83. The highest BCUT2D eigenvalue weighted by Gasteiger charge is 2.11. The molecule has 0 aliphatic carbocycles. The molecule has 1 aromatic rings. The lowest BCUT2D eigenvalue weighted by Crippen LogP contribution is -2.03. The first-order chi connectivity index (χ1) is 5.59. The van der Waals surface area contributed by atoms with Crippen LogP contribution in [0.5, 0.6) is 0 Å². The molecule has 1 aromatic heterocycles. The summed E-state index contributed by atoms with van der Waals surface area (Å²) in [6.07, 6.45) is -0.295. The van der Waals surface area contributed by atoms with Crippen molar-refractivity contribution in [2.24, 2.45) is 0 Å². The van der Waals surface area contributed by atoms with Crippen molar-refractivity contribution >= 4 is 5.97 Å². The SMILES string of the molecule is CC(=O)O[C@@H](C)c1ccc(C)o1. The number of carbonyl (C=O) groups is 1. The Labute approximate surface area is 71.3 Å². The summed E-state index contributed by atoms with van der Waals surface area (Å²) in [6, 6.07) is 3.65. The molecule has 0 radical (unpaired) electrons. The van der Waals surface area contributed by atoms with Gasteiger partial charge in [0.05, 0.1) is 0 Å². The summed E-state index contributed by atoms with van der Waals surface area (Å²) >= 11 is 0. The van der Waals surface area contributed by atoms with Gasteiger partial charge in [-0.25, -0.2) is 0 Å². The van der Waals surface area contributed by atoms with Gasteiger partial charge in [0, 0.05) is 6.92 Å². The number of carbonyl (C=O) groups excluding carboxylic acids is 1. The summed E-state index contributed by atoms with van der Waals surface area (Å²) in [6.45, 7) is 5.01. The minimum atomic E-state index is -0.295. The van der Waals surface area contributed by atoms with E-state index >= 15 is 0 Å². The highest BCUT2D eigenvalue weighted by Crippen LogP contribution is 2.18. The van der Waals surface area contributed by atoms with Gasteiger partial charge in [0.1, 0.15) is 11.5 Å². The Morgan fingerprint density at radius 3 is 2.67 bits per heavy atom. The van der Waals surface area contributed by atoms with Crippen molar-refractivity contribution < 1.29 is 13.9 Å². The molecule has 0 bridgehead atoms. The van der Waals surface area contributed by atoms with Crippen molar-refractivity contribution in [3.8, 4) is 0 Å². The molecule has 0 amide bonds. The molecule has 0 aliphatic heterocycles. The first kappa shape index (κ1) is 8.84. The molecule has 0 saturated heterocycles. The van der Waals surface area contributed by atoms with E-state index in [1.54, 1.807) is 6.92 Å². The maximum absolute atomic E-state index is 10.6. The molecule has 3 heteroatoms. The average molecular weight is 168 g/mol. The highest BCUT2D eigenvalue weighted by atomic mass is 16.5. The monoisotopic (exact) mass is 168 g/mol. The van der Waals surface area contributed by atoms with Crippen molar-refractivity contribution in [1.29, 1.82) is 0 Å². The number of hydrogen-bond donors (Lipinski definition) is 0. The molecule has 12 heavy (non-hydrogen) atoms. The van der Waals surface area contributed by atoms with Crippen molar-refractivity contribution in [3.05, 3.63) is 23.7 Å². The summed E-state index contributed by atoms with van der Waals surface area (Å²) in [7, 11) is 0. The number of furan rings is 1. The second-order valence-electron chi connectivity index (χ2n) is 2.70. The number of rotatable bonds is 2. The van der Waals surface area contributed by atoms with Crippen LogP contribution in [0.3, 0.4) is 0 Å². The van der Waals surface area contributed by atoms with Crippen LogP contribution < -0.4 is 0 Å². The minimum absolute atomic E-state index is 0.295. The second-order valence-corrected chi connectivity index (χ2v) is 2.70. The standard InChI is InChI=1S/C9H12O3/c1-6-4-5-9(11-6)7(2)12-8(3)10/h4-5,7H,1-3H3/t7-/m0/s1. The van der Waals surface area contributed by atoms with Crippen LogP contribution in [-0.4, -0.2) is 5.97 Å². The van der Waals surface area contributed by atoms with Gasteiger partial charge >= 0.3 is 5.97 Å². The van der Waals surface area contributed by atoms with Crippen LogP contribution in [-0.2, 0) is 9.53 Å². The van der Waals surface area contributed by atoms with Crippen LogP contribution in [0.25, 0.3) is 0 Å². The molecule has 3 nitrogen and oxygen atoms in total. The molecule has 0 aromatic carbocycles. The molecule has 1 heterocycles. The molecule has 0 N–H and O–H groups in total. The van der Waals surface area contributed by atoms with E-state index in [2.05, 4.69) is 0 Å². The van der Waals surface area contributed by atoms with Crippen LogP contribution >= 0.6 is 0 Å². The fourth-order valence-corrected chi connectivity index (χ4v) is 0.979. The fraction of sp³-hybridized carbons (Fsp3) is 0.444. The van der Waals surface area contributed by atoms with Crippen molar-refractivity contribution in [2.45, 2.75) is 26.9 Å². The molecular formula is C9H12O3. The number of hydrogen-bond acceptors (Lipinski definition) is 3. The normalized spacial score (nSPS) is 12.6. The third-order valence-electron chi connectivity index (χ3n) is 1.50. The Balaban J connectivity index is 2.64. The largest absolute Gasteiger partial charge is 0.462 e. The Bertz CT molecular complexity index is 275. The molecule has 66 valence electrons. The predicted octanol–water partition coefficient (Wildman–Crippen LogP) is 2.21. The highest BCUT2D eigenvalue weighted by molar-refractivity contribution is 5.66. The van der Waals surface area contributed by atoms with E-state index in [-0.39, 0.29) is 12.1 Å². The van der Waals surface area contributed by atoms with Gasteiger partial charge in [-0.05, 0) is 26.0 Å². The minimum Gasteiger partial charge on any atom is -0.462 e. The molecule has 0 aliphatic rings. The topological polar surface area (TPSA) is 39.4 Å². The number of aryl methyl sites for hydroxylation is 1. The van der Waals surface area contributed by atoms with Gasteiger partial charge < -0.3 is 9.15 Å². The Morgan fingerprint density at radius 2 is 2.25 bits per heavy atom. The summed E-state index contributed by atoms with van der Waals surface area (Å²) in [4.78, 5) is 10.6. The van der Waals surface area contributed by atoms with Gasteiger partial charge in [0.25, 0.3) is 0 Å². The Hall–Kier alpha value is -1.25. The lowest BCUT2D eigenvalue weighted by molar-refractivity contribution is -0.146. The van der Waals surface area contributed by atoms with Crippen LogP contribution in [0, 0.1) is 6.92 Å². The summed E-state index contributed by atoms with van der Waals surface area (Å²) in [5.74, 6) is 1.21. The zero-order chi connectivity index (χ0) is 9.14. The van der Waals surface area contributed by atoms with E-state index in [0.717, 1.165) is 5.76 Å². The second kappa shape index (κ2) is 3.43. The van der Waals surface area contributed by atoms with Crippen LogP contribution in [0.2, 0.25) is 0 Å². The van der Waals surface area contributed by atoms with Gasteiger partial charge in [-0.3, -0.25) is 4.79 Å². The van der Waals surface area contributed by atoms with E-state index in [1.165, 1.54) is 6.92 Å². The average Bonchev–Trinajstić information content (AvgIpc) is 2.34. The van der Waals surface area contributed by atoms with Gasteiger partial charge in [-0.2, -0.15) is 0 Å². The zero-order valence-corrected chi connectivity index (χ0v) is 7.46.